The first kappa shape index (κ1) is 10.9. The molecule has 14 heavy (non-hydrogen) atoms. The minimum Gasteiger partial charge on any atom is -0.493 e. The third-order valence-corrected chi connectivity index (χ3v) is 2.14. The SMILES string of the molecule is COc1cc(C)cc(C(C)N)c1OC. The van der Waals surface area contributed by atoms with Crippen LogP contribution < -0.4 is 15.2 Å². The van der Waals surface area contributed by atoms with Gasteiger partial charge >= 0.3 is 0 Å². The summed E-state index contributed by atoms with van der Waals surface area (Å²) in [6.45, 7) is 3.94. The molecule has 0 aliphatic heterocycles. The fourth-order valence-corrected chi connectivity index (χ4v) is 1.48. The van der Waals surface area contributed by atoms with Crippen LogP contribution in [-0.4, -0.2) is 14.2 Å². The summed E-state index contributed by atoms with van der Waals surface area (Å²) < 4.78 is 10.5. The molecular formula is C11H17NO2. The van der Waals surface area contributed by atoms with E-state index in [1.54, 1.807) is 14.2 Å². The summed E-state index contributed by atoms with van der Waals surface area (Å²) in [5.74, 6) is 1.47. The number of rotatable bonds is 3. The topological polar surface area (TPSA) is 44.5 Å². The van der Waals surface area contributed by atoms with E-state index in [-0.39, 0.29) is 6.04 Å². The molecule has 78 valence electrons. The molecule has 3 heteroatoms. The zero-order valence-corrected chi connectivity index (χ0v) is 9.13. The highest BCUT2D eigenvalue weighted by Crippen LogP contribution is 2.35. The van der Waals surface area contributed by atoms with Crippen molar-refractivity contribution in [2.45, 2.75) is 19.9 Å². The quantitative estimate of drug-likeness (QED) is 0.802. The molecule has 1 aromatic carbocycles. The van der Waals surface area contributed by atoms with Gasteiger partial charge in [-0.15, -0.1) is 0 Å². The first-order chi connectivity index (χ1) is 6.60. The van der Waals surface area contributed by atoms with Crippen molar-refractivity contribution >= 4 is 0 Å². The zero-order valence-electron chi connectivity index (χ0n) is 9.13. The summed E-state index contributed by atoms with van der Waals surface area (Å²) in [6.07, 6.45) is 0. The van der Waals surface area contributed by atoms with Gasteiger partial charge < -0.3 is 15.2 Å². The normalized spacial score (nSPS) is 12.4. The molecular weight excluding hydrogens is 178 g/mol. The van der Waals surface area contributed by atoms with Gasteiger partial charge in [-0.1, -0.05) is 6.07 Å². The van der Waals surface area contributed by atoms with E-state index in [4.69, 9.17) is 15.2 Å². The highest BCUT2D eigenvalue weighted by atomic mass is 16.5. The van der Waals surface area contributed by atoms with E-state index >= 15 is 0 Å². The maximum absolute atomic E-state index is 5.85. The Kier molecular flexibility index (Phi) is 3.36. The van der Waals surface area contributed by atoms with E-state index in [1.807, 2.05) is 26.0 Å². The first-order valence-electron chi connectivity index (χ1n) is 4.58. The van der Waals surface area contributed by atoms with Gasteiger partial charge in [-0.25, -0.2) is 0 Å². The number of methoxy groups -OCH3 is 2. The lowest BCUT2D eigenvalue weighted by Gasteiger charge is -2.16. The molecule has 0 aliphatic rings. The van der Waals surface area contributed by atoms with E-state index in [0.29, 0.717) is 0 Å². The van der Waals surface area contributed by atoms with Crippen LogP contribution in [0.3, 0.4) is 0 Å². The number of benzene rings is 1. The van der Waals surface area contributed by atoms with Crippen molar-refractivity contribution in [3.63, 3.8) is 0 Å². The molecule has 2 N–H and O–H groups in total. The molecule has 0 aliphatic carbocycles. The lowest BCUT2D eigenvalue weighted by atomic mass is 10.0. The average molecular weight is 195 g/mol. The number of ether oxygens (including phenoxy) is 2. The van der Waals surface area contributed by atoms with Crippen molar-refractivity contribution in [2.75, 3.05) is 14.2 Å². The molecule has 0 amide bonds. The summed E-state index contributed by atoms with van der Waals surface area (Å²) in [7, 11) is 3.25. The van der Waals surface area contributed by atoms with Crippen LogP contribution in [0.1, 0.15) is 24.1 Å². The summed E-state index contributed by atoms with van der Waals surface area (Å²) in [6, 6.07) is 3.90. The molecule has 0 bridgehead atoms. The molecule has 1 rings (SSSR count). The number of aryl methyl sites for hydroxylation is 1. The Hall–Kier alpha value is -1.22. The highest BCUT2D eigenvalue weighted by Gasteiger charge is 2.13. The first-order valence-corrected chi connectivity index (χ1v) is 4.58. The molecule has 3 nitrogen and oxygen atoms in total. The Morgan fingerprint density at radius 2 is 1.86 bits per heavy atom. The minimum atomic E-state index is -0.0567. The predicted octanol–water partition coefficient (Wildman–Crippen LogP) is 2.03. The van der Waals surface area contributed by atoms with E-state index in [1.165, 1.54) is 0 Å². The van der Waals surface area contributed by atoms with Gasteiger partial charge in [0.25, 0.3) is 0 Å². The summed E-state index contributed by atoms with van der Waals surface area (Å²) in [4.78, 5) is 0. The molecule has 1 aromatic rings. The van der Waals surface area contributed by atoms with Crippen molar-refractivity contribution in [1.29, 1.82) is 0 Å². The highest BCUT2D eigenvalue weighted by molar-refractivity contribution is 5.50. The van der Waals surface area contributed by atoms with Crippen LogP contribution in [0.2, 0.25) is 0 Å². The maximum Gasteiger partial charge on any atom is 0.165 e. The van der Waals surface area contributed by atoms with Gasteiger partial charge in [-0.2, -0.15) is 0 Å². The largest absolute Gasteiger partial charge is 0.493 e. The van der Waals surface area contributed by atoms with Gasteiger partial charge in [0, 0.05) is 11.6 Å². The van der Waals surface area contributed by atoms with Crippen molar-refractivity contribution in [3.05, 3.63) is 23.3 Å². The Morgan fingerprint density at radius 3 is 2.29 bits per heavy atom. The van der Waals surface area contributed by atoms with E-state index < -0.39 is 0 Å². The molecule has 0 saturated carbocycles. The summed E-state index contributed by atoms with van der Waals surface area (Å²) in [5, 5.41) is 0. The third-order valence-electron chi connectivity index (χ3n) is 2.14. The average Bonchev–Trinajstić information content (AvgIpc) is 2.16. The van der Waals surface area contributed by atoms with Gasteiger partial charge in [0.15, 0.2) is 11.5 Å². The molecule has 0 aromatic heterocycles. The molecule has 1 atom stereocenters. The zero-order chi connectivity index (χ0) is 10.7. The molecule has 0 spiro atoms. The molecule has 0 heterocycles. The summed E-state index contributed by atoms with van der Waals surface area (Å²) in [5.41, 5.74) is 7.94. The van der Waals surface area contributed by atoms with Crippen LogP contribution >= 0.6 is 0 Å². The van der Waals surface area contributed by atoms with Crippen molar-refractivity contribution < 1.29 is 9.47 Å². The van der Waals surface area contributed by atoms with Crippen LogP contribution in [0.15, 0.2) is 12.1 Å². The van der Waals surface area contributed by atoms with Gasteiger partial charge in [0.2, 0.25) is 0 Å². The minimum absolute atomic E-state index is 0.0567. The molecule has 1 unspecified atom stereocenters. The standard InChI is InChI=1S/C11H17NO2/c1-7-5-9(8(2)12)11(14-4)10(6-7)13-3/h5-6,8H,12H2,1-4H3. The smallest absolute Gasteiger partial charge is 0.165 e. The molecule has 0 saturated heterocycles. The van der Waals surface area contributed by atoms with E-state index in [2.05, 4.69) is 0 Å². The second-order valence-corrected chi connectivity index (χ2v) is 3.38. The predicted molar refractivity (Wildman–Crippen MR) is 56.9 cm³/mol. The fourth-order valence-electron chi connectivity index (χ4n) is 1.48. The fraction of sp³-hybridized carbons (Fsp3) is 0.455. The maximum atomic E-state index is 5.85. The molecule has 0 fully saturated rings. The van der Waals surface area contributed by atoms with Gasteiger partial charge in [0.05, 0.1) is 14.2 Å². The third kappa shape index (κ3) is 1.99. The van der Waals surface area contributed by atoms with Gasteiger partial charge in [-0.05, 0) is 25.5 Å². The monoisotopic (exact) mass is 195 g/mol. The number of nitrogens with two attached hydrogens (primary N) is 1. The summed E-state index contributed by atoms with van der Waals surface area (Å²) >= 11 is 0. The van der Waals surface area contributed by atoms with E-state index in [9.17, 15) is 0 Å². The molecule has 0 radical (unpaired) electrons. The second-order valence-electron chi connectivity index (χ2n) is 3.38. The van der Waals surface area contributed by atoms with Crippen LogP contribution in [0.5, 0.6) is 11.5 Å². The van der Waals surface area contributed by atoms with Crippen LogP contribution in [0.4, 0.5) is 0 Å². The number of hydrogen-bond donors (Lipinski definition) is 1. The Morgan fingerprint density at radius 1 is 1.21 bits per heavy atom. The Labute approximate surface area is 84.8 Å². The van der Waals surface area contributed by atoms with Crippen molar-refractivity contribution in [3.8, 4) is 11.5 Å². The lowest BCUT2D eigenvalue weighted by Crippen LogP contribution is -2.08. The Balaban J connectivity index is 3.31. The van der Waals surface area contributed by atoms with Gasteiger partial charge in [0.1, 0.15) is 0 Å². The van der Waals surface area contributed by atoms with E-state index in [0.717, 1.165) is 22.6 Å². The number of hydrogen-bond acceptors (Lipinski definition) is 3. The van der Waals surface area contributed by atoms with Crippen molar-refractivity contribution in [1.82, 2.24) is 0 Å². The van der Waals surface area contributed by atoms with Gasteiger partial charge in [-0.3, -0.25) is 0 Å². The van der Waals surface area contributed by atoms with Crippen LogP contribution in [-0.2, 0) is 0 Å². The van der Waals surface area contributed by atoms with Crippen molar-refractivity contribution in [2.24, 2.45) is 5.73 Å². The van der Waals surface area contributed by atoms with Crippen LogP contribution in [0, 0.1) is 6.92 Å². The lowest BCUT2D eigenvalue weighted by molar-refractivity contribution is 0.350. The second kappa shape index (κ2) is 4.33. The van der Waals surface area contributed by atoms with Crippen LogP contribution in [0.25, 0.3) is 0 Å². The Bertz CT molecular complexity index is 321.